The zero-order chi connectivity index (χ0) is 13.2. The van der Waals surface area contributed by atoms with Crippen LogP contribution in [0.15, 0.2) is 15.7 Å². The molecule has 0 radical (unpaired) electrons. The molecule has 1 aliphatic heterocycles. The fraction of sp³-hybridized carbons (Fsp3) is 0.750. The van der Waals surface area contributed by atoms with E-state index in [2.05, 4.69) is 42.4 Å². The van der Waals surface area contributed by atoms with Gasteiger partial charge in [0, 0.05) is 17.3 Å². The summed E-state index contributed by atoms with van der Waals surface area (Å²) in [7, 11) is 0. The Balaban J connectivity index is 1.62. The maximum Gasteiger partial charge on any atom is 0.0649 e. The lowest BCUT2D eigenvalue weighted by Crippen LogP contribution is -2.37. The van der Waals surface area contributed by atoms with Gasteiger partial charge in [0.15, 0.2) is 0 Å². The molecule has 1 N–H and O–H groups in total. The zero-order valence-electron chi connectivity index (χ0n) is 12.0. The summed E-state index contributed by atoms with van der Waals surface area (Å²) in [4.78, 5) is 0. The van der Waals surface area contributed by atoms with Crippen molar-refractivity contribution in [3.05, 3.63) is 17.0 Å². The van der Waals surface area contributed by atoms with Crippen LogP contribution in [0.4, 0.5) is 0 Å². The van der Waals surface area contributed by atoms with Crippen LogP contribution in [0.5, 0.6) is 0 Å². The summed E-state index contributed by atoms with van der Waals surface area (Å²) in [5, 5.41) is 6.99. The lowest BCUT2D eigenvalue weighted by Gasteiger charge is -2.34. The molecule has 1 aliphatic carbocycles. The monoisotopic (exact) mass is 295 g/mol. The maximum absolute atomic E-state index is 3.97. The molecule has 0 spiro atoms. The average molecular weight is 296 g/mol. The molecule has 1 nitrogen and oxygen atoms in total. The minimum absolute atomic E-state index is 0.612. The van der Waals surface area contributed by atoms with Gasteiger partial charge in [0.25, 0.3) is 0 Å². The van der Waals surface area contributed by atoms with E-state index < -0.39 is 0 Å². The number of fused-ring (bicyclic) bond motifs is 1. The zero-order valence-corrected chi connectivity index (χ0v) is 13.7. The molecular formula is C16H25NS2. The van der Waals surface area contributed by atoms with Crippen LogP contribution in [0, 0.1) is 5.92 Å². The molecule has 2 aliphatic rings. The van der Waals surface area contributed by atoms with Crippen molar-refractivity contribution in [3.63, 3.8) is 0 Å². The smallest absolute Gasteiger partial charge is 0.0649 e. The molecule has 106 valence electrons. The second-order valence-corrected chi connectivity index (χ2v) is 8.80. The Hall–Kier alpha value is 0.0100. The van der Waals surface area contributed by atoms with E-state index in [0.717, 1.165) is 17.2 Å². The third-order valence-corrected chi connectivity index (χ3v) is 7.11. The quantitative estimate of drug-likeness (QED) is 0.819. The topological polar surface area (TPSA) is 12.0 Å². The van der Waals surface area contributed by atoms with E-state index in [0.29, 0.717) is 6.04 Å². The first-order valence-corrected chi connectivity index (χ1v) is 9.52. The van der Waals surface area contributed by atoms with Gasteiger partial charge in [-0.25, -0.2) is 0 Å². The Morgan fingerprint density at radius 3 is 2.79 bits per heavy atom. The van der Waals surface area contributed by atoms with Gasteiger partial charge in [-0.05, 0) is 55.0 Å². The molecule has 1 fully saturated rings. The predicted octanol–water partition coefficient (Wildman–Crippen LogP) is 5.23. The second kappa shape index (κ2) is 6.19. The van der Waals surface area contributed by atoms with Crippen LogP contribution in [-0.2, 0) is 0 Å². The van der Waals surface area contributed by atoms with Gasteiger partial charge in [-0.2, -0.15) is 0 Å². The Bertz CT molecular complexity index is 407. The molecular weight excluding hydrogens is 270 g/mol. The van der Waals surface area contributed by atoms with Gasteiger partial charge in [0.05, 0.1) is 4.21 Å². The first kappa shape index (κ1) is 14.0. The summed E-state index contributed by atoms with van der Waals surface area (Å²) in [5.74, 6) is 0.996. The molecule has 19 heavy (non-hydrogen) atoms. The summed E-state index contributed by atoms with van der Waals surface area (Å²) >= 11 is 3.99. The molecule has 1 saturated carbocycles. The largest absolute Gasteiger partial charge is 0.307 e. The summed E-state index contributed by atoms with van der Waals surface area (Å²) in [5.41, 5.74) is 1.57. The minimum atomic E-state index is 0.612. The molecule has 0 bridgehead atoms. The molecule has 2 atom stereocenters. The van der Waals surface area contributed by atoms with Crippen molar-refractivity contribution < 1.29 is 0 Å². The van der Waals surface area contributed by atoms with E-state index in [1.165, 1.54) is 38.5 Å². The lowest BCUT2D eigenvalue weighted by atomic mass is 9.84. The van der Waals surface area contributed by atoms with Crippen molar-refractivity contribution in [1.29, 1.82) is 0 Å². The number of thioether (sulfide) groups is 1. The third-order valence-electron chi connectivity index (χ3n) is 4.77. The Morgan fingerprint density at radius 2 is 2.05 bits per heavy atom. The highest BCUT2D eigenvalue weighted by Crippen LogP contribution is 2.44. The molecule has 3 rings (SSSR count). The van der Waals surface area contributed by atoms with Crippen LogP contribution in [0.2, 0.25) is 0 Å². The second-order valence-electron chi connectivity index (χ2n) is 6.17. The van der Waals surface area contributed by atoms with E-state index in [1.807, 2.05) is 11.3 Å². The van der Waals surface area contributed by atoms with Gasteiger partial charge >= 0.3 is 0 Å². The molecule has 1 aromatic rings. The number of hydrogen-bond acceptors (Lipinski definition) is 3. The number of thiophene rings is 1. The van der Waals surface area contributed by atoms with Crippen LogP contribution in [0.3, 0.4) is 0 Å². The van der Waals surface area contributed by atoms with Crippen molar-refractivity contribution >= 4 is 23.1 Å². The highest BCUT2D eigenvalue weighted by Gasteiger charge is 2.29. The SMILES string of the molecule is CCC1CCC(NC2C[C@H](C)Sc3sccc32)CC1. The molecule has 1 unspecified atom stereocenters. The molecule has 0 amide bonds. The first-order valence-electron chi connectivity index (χ1n) is 7.76. The van der Waals surface area contributed by atoms with Crippen molar-refractivity contribution in [2.24, 2.45) is 5.92 Å². The molecule has 3 heteroatoms. The van der Waals surface area contributed by atoms with Crippen LogP contribution in [-0.4, -0.2) is 11.3 Å². The maximum atomic E-state index is 3.97. The summed E-state index contributed by atoms with van der Waals surface area (Å²) in [6.07, 6.45) is 8.30. The number of hydrogen-bond donors (Lipinski definition) is 1. The Morgan fingerprint density at radius 1 is 1.26 bits per heavy atom. The lowest BCUT2D eigenvalue weighted by molar-refractivity contribution is 0.264. The van der Waals surface area contributed by atoms with Crippen molar-refractivity contribution in [1.82, 2.24) is 5.32 Å². The Kier molecular flexibility index (Phi) is 4.55. The van der Waals surface area contributed by atoms with Crippen molar-refractivity contribution in [3.8, 4) is 0 Å². The van der Waals surface area contributed by atoms with Gasteiger partial charge in [0.2, 0.25) is 0 Å². The summed E-state index contributed by atoms with van der Waals surface area (Å²) < 4.78 is 1.55. The molecule has 0 saturated heterocycles. The van der Waals surface area contributed by atoms with Crippen LogP contribution < -0.4 is 5.32 Å². The van der Waals surface area contributed by atoms with E-state index in [9.17, 15) is 0 Å². The third kappa shape index (κ3) is 3.20. The van der Waals surface area contributed by atoms with Gasteiger partial charge in [-0.1, -0.05) is 20.3 Å². The standard InChI is InChI=1S/C16H25NS2/c1-3-12-4-6-13(7-5-12)17-15-10-11(2)19-16-14(15)8-9-18-16/h8-9,11-13,15,17H,3-7,10H2,1-2H3/t11-,12?,13?,15?/m0/s1. The highest BCUT2D eigenvalue weighted by molar-refractivity contribution is 8.01. The normalized spacial score (nSPS) is 35.1. The van der Waals surface area contributed by atoms with Gasteiger partial charge < -0.3 is 5.32 Å². The highest BCUT2D eigenvalue weighted by atomic mass is 32.2. The molecule has 1 aromatic heterocycles. The van der Waals surface area contributed by atoms with E-state index in [-0.39, 0.29) is 0 Å². The Labute approximate surface area is 125 Å². The number of rotatable bonds is 3. The first-order chi connectivity index (χ1) is 9.26. The van der Waals surface area contributed by atoms with Gasteiger partial charge in [-0.15, -0.1) is 23.1 Å². The summed E-state index contributed by atoms with van der Waals surface area (Å²) in [6.45, 7) is 4.71. The van der Waals surface area contributed by atoms with E-state index in [1.54, 1.807) is 9.77 Å². The van der Waals surface area contributed by atoms with Gasteiger partial charge in [-0.3, -0.25) is 0 Å². The fourth-order valence-electron chi connectivity index (χ4n) is 3.53. The van der Waals surface area contributed by atoms with Crippen molar-refractivity contribution in [2.45, 2.75) is 73.9 Å². The molecule has 2 heterocycles. The van der Waals surface area contributed by atoms with Crippen LogP contribution >= 0.6 is 23.1 Å². The van der Waals surface area contributed by atoms with Crippen LogP contribution in [0.1, 0.15) is 64.0 Å². The van der Waals surface area contributed by atoms with E-state index >= 15 is 0 Å². The van der Waals surface area contributed by atoms with Crippen molar-refractivity contribution in [2.75, 3.05) is 0 Å². The predicted molar refractivity (Wildman–Crippen MR) is 86.2 cm³/mol. The minimum Gasteiger partial charge on any atom is -0.307 e. The number of nitrogens with one attached hydrogen (secondary N) is 1. The van der Waals surface area contributed by atoms with Gasteiger partial charge in [0.1, 0.15) is 0 Å². The fourth-order valence-corrected chi connectivity index (χ4v) is 6.10. The summed E-state index contributed by atoms with van der Waals surface area (Å²) in [6, 6.07) is 3.71. The average Bonchev–Trinajstić information content (AvgIpc) is 2.88. The van der Waals surface area contributed by atoms with E-state index in [4.69, 9.17) is 0 Å². The van der Waals surface area contributed by atoms with Crippen LogP contribution in [0.25, 0.3) is 0 Å². The molecule has 0 aromatic carbocycles.